The highest BCUT2D eigenvalue weighted by molar-refractivity contribution is 7.89. The minimum Gasteiger partial charge on any atom is -0.482 e. The van der Waals surface area contributed by atoms with E-state index in [0.29, 0.717) is 17.0 Å². The first-order valence-corrected chi connectivity index (χ1v) is 9.92. The van der Waals surface area contributed by atoms with Crippen LogP contribution in [0.15, 0.2) is 53.4 Å². The van der Waals surface area contributed by atoms with Crippen LogP contribution in [-0.2, 0) is 24.3 Å². The largest absolute Gasteiger partial charge is 0.482 e. The van der Waals surface area contributed by atoms with Crippen molar-refractivity contribution in [3.05, 3.63) is 54.1 Å². The first kappa shape index (κ1) is 21.9. The third kappa shape index (κ3) is 6.60. The Kier molecular flexibility index (Phi) is 7.70. The predicted molar refractivity (Wildman–Crippen MR) is 104 cm³/mol. The monoisotopic (exact) mass is 417 g/mol. The van der Waals surface area contributed by atoms with Gasteiger partial charge in [-0.05, 0) is 36.4 Å². The number of ether oxygens (including phenoxy) is 2. The Bertz CT molecular complexity index is 1010. The summed E-state index contributed by atoms with van der Waals surface area (Å²) in [5, 5.41) is 11.6. The second kappa shape index (κ2) is 10.2. The molecule has 29 heavy (non-hydrogen) atoms. The Hall–Kier alpha value is -3.42. The summed E-state index contributed by atoms with van der Waals surface area (Å²) in [6, 6.07) is 14.0. The highest BCUT2D eigenvalue weighted by Crippen LogP contribution is 2.17. The number of amides is 1. The van der Waals surface area contributed by atoms with Crippen LogP contribution in [0.4, 0.5) is 5.69 Å². The Labute approximate surface area is 168 Å². The van der Waals surface area contributed by atoms with Gasteiger partial charge in [-0.25, -0.2) is 13.1 Å². The van der Waals surface area contributed by atoms with Crippen LogP contribution in [0.25, 0.3) is 0 Å². The van der Waals surface area contributed by atoms with Crippen LogP contribution in [0.2, 0.25) is 0 Å². The number of rotatable bonds is 9. The topological polar surface area (TPSA) is 135 Å². The van der Waals surface area contributed by atoms with Crippen molar-refractivity contribution < 1.29 is 27.5 Å². The Balaban J connectivity index is 1.90. The molecule has 0 spiro atoms. The first-order valence-electron chi connectivity index (χ1n) is 8.44. The van der Waals surface area contributed by atoms with Gasteiger partial charge in [-0.3, -0.25) is 9.59 Å². The van der Waals surface area contributed by atoms with Crippen molar-refractivity contribution in [3.63, 3.8) is 0 Å². The number of hydrogen-bond acceptors (Lipinski definition) is 7. The lowest BCUT2D eigenvalue weighted by Gasteiger charge is -2.10. The van der Waals surface area contributed by atoms with Gasteiger partial charge < -0.3 is 14.8 Å². The molecule has 0 fully saturated rings. The lowest BCUT2D eigenvalue weighted by molar-refractivity contribution is -0.140. The molecule has 0 aromatic heterocycles. The zero-order chi connectivity index (χ0) is 21.3. The van der Waals surface area contributed by atoms with E-state index in [0.717, 1.165) is 0 Å². The molecular formula is C19H19N3O6S. The number of nitrogens with one attached hydrogen (secondary N) is 2. The van der Waals surface area contributed by atoms with Gasteiger partial charge in [0.2, 0.25) is 10.0 Å². The maximum Gasteiger partial charge on any atom is 0.306 e. The molecule has 0 aliphatic heterocycles. The molecule has 2 N–H and O–H groups in total. The van der Waals surface area contributed by atoms with Crippen molar-refractivity contribution in [2.24, 2.45) is 0 Å². The number of esters is 1. The molecule has 2 aromatic carbocycles. The molecule has 0 atom stereocenters. The minimum atomic E-state index is -3.79. The normalized spacial score (nSPS) is 10.6. The fourth-order valence-corrected chi connectivity index (χ4v) is 3.25. The third-order valence-corrected chi connectivity index (χ3v) is 5.14. The molecule has 0 saturated heterocycles. The van der Waals surface area contributed by atoms with Gasteiger partial charge in [-0.15, -0.1) is 0 Å². The molecule has 2 rings (SSSR count). The quantitative estimate of drug-likeness (QED) is 0.589. The van der Waals surface area contributed by atoms with Crippen LogP contribution >= 0.6 is 0 Å². The zero-order valence-electron chi connectivity index (χ0n) is 15.5. The minimum absolute atomic E-state index is 0.0143. The number of nitriles is 1. The molecule has 152 valence electrons. The third-order valence-electron chi connectivity index (χ3n) is 3.66. The van der Waals surface area contributed by atoms with Crippen LogP contribution < -0.4 is 14.8 Å². The molecule has 0 aliphatic rings. The molecule has 0 unspecified atom stereocenters. The molecule has 9 nitrogen and oxygen atoms in total. The van der Waals surface area contributed by atoms with E-state index < -0.39 is 21.9 Å². The number of anilines is 1. The standard InChI is InChI=1S/C19H19N3O6S/c1-27-19(24)10-11-21-29(25,26)16-8-6-15(7-9-16)22-18(23)13-28-17-5-3-2-4-14(17)12-20/h2-9,21H,10-11,13H2,1H3,(H,22,23). The Morgan fingerprint density at radius 3 is 2.45 bits per heavy atom. The molecule has 0 aliphatic carbocycles. The summed E-state index contributed by atoms with van der Waals surface area (Å²) in [4.78, 5) is 23.0. The van der Waals surface area contributed by atoms with Gasteiger partial charge in [0.25, 0.3) is 5.91 Å². The summed E-state index contributed by atoms with van der Waals surface area (Å²) in [6.07, 6.45) is -0.0845. The second-order valence-electron chi connectivity index (χ2n) is 5.69. The van der Waals surface area contributed by atoms with E-state index in [1.54, 1.807) is 24.3 Å². The van der Waals surface area contributed by atoms with E-state index >= 15 is 0 Å². The maximum absolute atomic E-state index is 12.2. The summed E-state index contributed by atoms with van der Waals surface area (Å²) in [7, 11) is -2.57. The van der Waals surface area contributed by atoms with E-state index in [-0.39, 0.29) is 24.5 Å². The average molecular weight is 417 g/mol. The van der Waals surface area contributed by atoms with Crippen molar-refractivity contribution in [2.75, 3.05) is 25.6 Å². The van der Waals surface area contributed by atoms with Crippen molar-refractivity contribution in [2.45, 2.75) is 11.3 Å². The fraction of sp³-hybridized carbons (Fsp3) is 0.211. The maximum atomic E-state index is 12.2. The predicted octanol–water partition coefficient (Wildman–Crippen LogP) is 1.42. The van der Waals surface area contributed by atoms with Gasteiger partial charge in [-0.1, -0.05) is 12.1 Å². The number of carbonyl (C=O) groups excluding carboxylic acids is 2. The molecule has 10 heteroatoms. The van der Waals surface area contributed by atoms with Gasteiger partial charge in [0.1, 0.15) is 11.8 Å². The van der Waals surface area contributed by atoms with Crippen LogP contribution in [0.1, 0.15) is 12.0 Å². The van der Waals surface area contributed by atoms with Gasteiger partial charge in [0, 0.05) is 12.2 Å². The number of methoxy groups -OCH3 is 1. The summed E-state index contributed by atoms with van der Waals surface area (Å²) in [6.45, 7) is -0.400. The van der Waals surface area contributed by atoms with Crippen molar-refractivity contribution >= 4 is 27.6 Å². The van der Waals surface area contributed by atoms with Gasteiger partial charge >= 0.3 is 5.97 Å². The second-order valence-corrected chi connectivity index (χ2v) is 7.46. The number of nitrogens with zero attached hydrogens (tertiary/aromatic N) is 1. The first-order chi connectivity index (χ1) is 13.9. The van der Waals surface area contributed by atoms with Gasteiger partial charge in [0.05, 0.1) is 24.0 Å². The number of benzene rings is 2. The zero-order valence-corrected chi connectivity index (χ0v) is 16.4. The van der Waals surface area contributed by atoms with Crippen LogP contribution in [0, 0.1) is 11.3 Å². The SMILES string of the molecule is COC(=O)CCNS(=O)(=O)c1ccc(NC(=O)COc2ccccc2C#N)cc1. The molecule has 0 heterocycles. The Morgan fingerprint density at radius 2 is 1.79 bits per heavy atom. The number of hydrogen-bond donors (Lipinski definition) is 2. The Morgan fingerprint density at radius 1 is 1.10 bits per heavy atom. The van der Waals surface area contributed by atoms with E-state index in [9.17, 15) is 18.0 Å². The lowest BCUT2D eigenvalue weighted by Crippen LogP contribution is -2.26. The van der Waals surface area contributed by atoms with Crippen molar-refractivity contribution in [1.82, 2.24) is 4.72 Å². The molecule has 2 aromatic rings. The number of sulfonamides is 1. The van der Waals surface area contributed by atoms with Crippen LogP contribution in [0.5, 0.6) is 5.75 Å². The van der Waals surface area contributed by atoms with E-state index in [4.69, 9.17) is 10.00 Å². The molecule has 1 amide bonds. The van der Waals surface area contributed by atoms with Crippen molar-refractivity contribution in [1.29, 1.82) is 5.26 Å². The average Bonchev–Trinajstić information content (AvgIpc) is 2.72. The highest BCUT2D eigenvalue weighted by atomic mass is 32.2. The van der Waals surface area contributed by atoms with E-state index in [1.807, 2.05) is 6.07 Å². The van der Waals surface area contributed by atoms with Gasteiger partial charge in [-0.2, -0.15) is 5.26 Å². The van der Waals surface area contributed by atoms with E-state index in [2.05, 4.69) is 14.8 Å². The number of para-hydroxylation sites is 1. The summed E-state index contributed by atoms with van der Waals surface area (Å²) in [5.41, 5.74) is 0.690. The molecule has 0 radical (unpaired) electrons. The summed E-state index contributed by atoms with van der Waals surface area (Å²) >= 11 is 0. The van der Waals surface area contributed by atoms with Crippen LogP contribution in [-0.4, -0.2) is 40.6 Å². The molecule has 0 bridgehead atoms. The number of carbonyl (C=O) groups is 2. The fourth-order valence-electron chi connectivity index (χ4n) is 2.22. The smallest absolute Gasteiger partial charge is 0.306 e. The summed E-state index contributed by atoms with van der Waals surface area (Å²) < 4.78 is 36.4. The molecular weight excluding hydrogens is 398 g/mol. The van der Waals surface area contributed by atoms with Crippen molar-refractivity contribution in [3.8, 4) is 11.8 Å². The van der Waals surface area contributed by atoms with Gasteiger partial charge in [0.15, 0.2) is 6.61 Å². The molecule has 0 saturated carbocycles. The summed E-state index contributed by atoms with van der Waals surface area (Å²) in [5.74, 6) is -0.695. The van der Waals surface area contributed by atoms with Crippen LogP contribution in [0.3, 0.4) is 0 Å². The lowest BCUT2D eigenvalue weighted by atomic mass is 10.2. The van der Waals surface area contributed by atoms with E-state index in [1.165, 1.54) is 31.4 Å². The highest BCUT2D eigenvalue weighted by Gasteiger charge is 2.15.